The van der Waals surface area contributed by atoms with Crippen molar-refractivity contribution in [3.8, 4) is 11.3 Å². The second kappa shape index (κ2) is 8.52. The molecule has 0 N–H and O–H groups in total. The predicted octanol–water partition coefficient (Wildman–Crippen LogP) is 3.32. The van der Waals surface area contributed by atoms with E-state index >= 15 is 0 Å². The van der Waals surface area contributed by atoms with Crippen LogP contribution in [0, 0.1) is 0 Å². The molecule has 0 aliphatic carbocycles. The largest absolute Gasteiger partial charge is 0.434 e. The molecule has 1 fully saturated rings. The van der Waals surface area contributed by atoms with Crippen LogP contribution in [0.1, 0.15) is 12.6 Å². The van der Waals surface area contributed by atoms with Gasteiger partial charge in [0.25, 0.3) is 0 Å². The van der Waals surface area contributed by atoms with Crippen molar-refractivity contribution in [3.05, 3.63) is 36.3 Å². The first-order valence-corrected chi connectivity index (χ1v) is 10.6. The summed E-state index contributed by atoms with van der Waals surface area (Å²) in [6, 6.07) is 5.55. The number of carbonyl (C=O) groups is 1. The van der Waals surface area contributed by atoms with E-state index in [1.54, 1.807) is 17.0 Å². The molecule has 2 aromatic rings. The number of fused-ring (bicyclic) bond motifs is 1. The highest BCUT2D eigenvalue weighted by atomic mass is 32.2. The second-order valence-corrected chi connectivity index (χ2v) is 8.28. The minimum absolute atomic E-state index is 0.0133. The lowest BCUT2D eigenvalue weighted by molar-refractivity contribution is -0.141. The first-order chi connectivity index (χ1) is 14.3. The van der Waals surface area contributed by atoms with Gasteiger partial charge >= 0.3 is 6.18 Å². The molecule has 160 valence electrons. The van der Waals surface area contributed by atoms with E-state index in [4.69, 9.17) is 4.74 Å². The van der Waals surface area contributed by atoms with Crippen molar-refractivity contribution in [1.82, 2.24) is 14.9 Å². The molecule has 1 aromatic carbocycles. The number of ether oxygens (including phenoxy) is 1. The lowest BCUT2D eigenvalue weighted by atomic mass is 10.1. The number of hydrogen-bond acceptors (Lipinski definition) is 6. The highest BCUT2D eigenvalue weighted by Crippen LogP contribution is 2.38. The number of benzene rings is 1. The number of anilines is 1. The molecule has 1 unspecified atom stereocenters. The summed E-state index contributed by atoms with van der Waals surface area (Å²) in [4.78, 5) is 25.0. The van der Waals surface area contributed by atoms with E-state index in [1.807, 2.05) is 6.07 Å². The van der Waals surface area contributed by atoms with Gasteiger partial charge in [-0.3, -0.25) is 14.7 Å². The van der Waals surface area contributed by atoms with Gasteiger partial charge < -0.3 is 9.64 Å². The van der Waals surface area contributed by atoms with E-state index < -0.39 is 11.9 Å². The zero-order valence-corrected chi connectivity index (χ0v) is 17.2. The Balaban J connectivity index is 1.60. The van der Waals surface area contributed by atoms with E-state index in [9.17, 15) is 18.0 Å². The first kappa shape index (κ1) is 21.1. The standard InChI is InChI=1S/C20H21F3N4O2S/c1-13-11-29-7-6-26(13)4-5-27-16-8-14(2-3-17(16)30-12-19(27)28)15-9-24-10-18(25-15)20(21,22)23/h2-3,8-10,13H,4-7,11-12H2,1H3. The van der Waals surface area contributed by atoms with Crippen LogP contribution < -0.4 is 4.90 Å². The molecule has 1 amide bonds. The molecule has 6 nitrogen and oxygen atoms in total. The van der Waals surface area contributed by atoms with Gasteiger partial charge in [-0.25, -0.2) is 4.98 Å². The van der Waals surface area contributed by atoms with Crippen LogP contribution in [-0.2, 0) is 15.7 Å². The molecule has 3 heterocycles. The molecule has 0 spiro atoms. The maximum absolute atomic E-state index is 13.0. The third-order valence-corrected chi connectivity index (χ3v) is 6.29. The van der Waals surface area contributed by atoms with Crippen molar-refractivity contribution in [3.63, 3.8) is 0 Å². The molecule has 1 aromatic heterocycles. The van der Waals surface area contributed by atoms with Gasteiger partial charge in [0, 0.05) is 36.1 Å². The van der Waals surface area contributed by atoms with Gasteiger partial charge in [-0.1, -0.05) is 6.07 Å². The van der Waals surface area contributed by atoms with Gasteiger partial charge in [0.1, 0.15) is 0 Å². The molecular formula is C20H21F3N4O2S. The predicted molar refractivity (Wildman–Crippen MR) is 107 cm³/mol. The van der Waals surface area contributed by atoms with Crippen molar-refractivity contribution in [2.24, 2.45) is 0 Å². The van der Waals surface area contributed by atoms with Crippen LogP contribution >= 0.6 is 11.8 Å². The summed E-state index contributed by atoms with van der Waals surface area (Å²) in [6.45, 7) is 5.44. The van der Waals surface area contributed by atoms with E-state index in [0.29, 0.717) is 49.5 Å². The summed E-state index contributed by atoms with van der Waals surface area (Å²) in [5.41, 5.74) is 0.278. The minimum Gasteiger partial charge on any atom is -0.379 e. The summed E-state index contributed by atoms with van der Waals surface area (Å²) in [5.74, 6) is 0.328. The van der Waals surface area contributed by atoms with E-state index in [1.165, 1.54) is 18.0 Å². The Hall–Kier alpha value is -2.17. The Labute approximate surface area is 176 Å². The normalized spacial score (nSPS) is 20.3. The Kier molecular flexibility index (Phi) is 5.99. The SMILES string of the molecule is CC1COCCN1CCN1C(=O)CSc2ccc(-c3cncc(C(F)(F)F)n3)cc21. The minimum atomic E-state index is -4.57. The van der Waals surface area contributed by atoms with Crippen LogP contribution in [0.15, 0.2) is 35.5 Å². The second-order valence-electron chi connectivity index (χ2n) is 7.26. The lowest BCUT2D eigenvalue weighted by Gasteiger charge is -2.36. The van der Waals surface area contributed by atoms with Crippen molar-refractivity contribution < 1.29 is 22.7 Å². The average molecular weight is 438 g/mol. The maximum atomic E-state index is 13.0. The number of hydrogen-bond donors (Lipinski definition) is 0. The molecule has 2 aliphatic rings. The molecule has 1 atom stereocenters. The molecule has 10 heteroatoms. The topological polar surface area (TPSA) is 58.6 Å². The zero-order chi connectivity index (χ0) is 21.3. The first-order valence-electron chi connectivity index (χ1n) is 9.61. The number of morpholine rings is 1. The van der Waals surface area contributed by atoms with E-state index in [2.05, 4.69) is 21.8 Å². The molecule has 30 heavy (non-hydrogen) atoms. The zero-order valence-electron chi connectivity index (χ0n) is 16.4. The summed E-state index contributed by atoms with van der Waals surface area (Å²) in [5, 5.41) is 0. The monoisotopic (exact) mass is 438 g/mol. The maximum Gasteiger partial charge on any atom is 0.434 e. The number of nitrogens with zero attached hydrogens (tertiary/aromatic N) is 4. The average Bonchev–Trinajstić information content (AvgIpc) is 2.73. The van der Waals surface area contributed by atoms with E-state index in [-0.39, 0.29) is 17.6 Å². The Bertz CT molecular complexity index is 941. The van der Waals surface area contributed by atoms with Crippen LogP contribution in [0.5, 0.6) is 0 Å². The third kappa shape index (κ3) is 4.45. The van der Waals surface area contributed by atoms with Crippen LogP contribution in [0.25, 0.3) is 11.3 Å². The smallest absolute Gasteiger partial charge is 0.379 e. The fraction of sp³-hybridized carbons (Fsp3) is 0.450. The Morgan fingerprint density at radius 1 is 1.27 bits per heavy atom. The number of carbonyl (C=O) groups excluding carboxylic acids is 1. The van der Waals surface area contributed by atoms with Gasteiger partial charge in [0.15, 0.2) is 5.69 Å². The fourth-order valence-corrected chi connectivity index (χ4v) is 4.49. The summed E-state index contributed by atoms with van der Waals surface area (Å²) in [7, 11) is 0. The van der Waals surface area contributed by atoms with Crippen LogP contribution in [0.4, 0.5) is 18.9 Å². The molecule has 4 rings (SSSR count). The van der Waals surface area contributed by atoms with Crippen molar-refractivity contribution >= 4 is 23.4 Å². The highest BCUT2D eigenvalue weighted by molar-refractivity contribution is 8.00. The van der Waals surface area contributed by atoms with Crippen molar-refractivity contribution in [2.75, 3.05) is 43.5 Å². The van der Waals surface area contributed by atoms with Gasteiger partial charge in [0.2, 0.25) is 5.91 Å². The Morgan fingerprint density at radius 2 is 2.10 bits per heavy atom. The number of thioether (sulfide) groups is 1. The quantitative estimate of drug-likeness (QED) is 0.730. The lowest BCUT2D eigenvalue weighted by Crippen LogP contribution is -2.48. The van der Waals surface area contributed by atoms with Crippen LogP contribution in [0.2, 0.25) is 0 Å². The highest BCUT2D eigenvalue weighted by Gasteiger charge is 2.33. The number of halogens is 3. The number of amides is 1. The third-order valence-electron chi connectivity index (χ3n) is 5.24. The van der Waals surface area contributed by atoms with Gasteiger partial charge in [-0.2, -0.15) is 13.2 Å². The molecule has 0 radical (unpaired) electrons. The van der Waals surface area contributed by atoms with Crippen molar-refractivity contribution in [1.29, 1.82) is 0 Å². The van der Waals surface area contributed by atoms with Gasteiger partial charge in [-0.05, 0) is 19.1 Å². The summed E-state index contributed by atoms with van der Waals surface area (Å²) in [6.07, 6.45) is -2.56. The fourth-order valence-electron chi connectivity index (χ4n) is 3.57. The van der Waals surface area contributed by atoms with Crippen LogP contribution in [0.3, 0.4) is 0 Å². The number of rotatable bonds is 4. The molecule has 0 saturated carbocycles. The van der Waals surface area contributed by atoms with Crippen molar-refractivity contribution in [2.45, 2.75) is 24.0 Å². The van der Waals surface area contributed by atoms with Crippen LogP contribution in [-0.4, -0.2) is 65.4 Å². The molecular weight excluding hydrogens is 417 g/mol. The molecule has 1 saturated heterocycles. The van der Waals surface area contributed by atoms with Gasteiger partial charge in [-0.15, -0.1) is 11.8 Å². The summed E-state index contributed by atoms with van der Waals surface area (Å²) >= 11 is 1.43. The van der Waals surface area contributed by atoms with E-state index in [0.717, 1.165) is 11.4 Å². The number of alkyl halides is 3. The Morgan fingerprint density at radius 3 is 2.87 bits per heavy atom. The van der Waals surface area contributed by atoms with Gasteiger partial charge in [0.05, 0.1) is 42.7 Å². The molecule has 0 bridgehead atoms. The number of aromatic nitrogens is 2. The summed E-state index contributed by atoms with van der Waals surface area (Å²) < 4.78 is 44.5. The molecule has 2 aliphatic heterocycles.